The van der Waals surface area contributed by atoms with Crippen LogP contribution in [0.25, 0.3) is 0 Å². The molecule has 3 nitrogen and oxygen atoms in total. The van der Waals surface area contributed by atoms with Crippen LogP contribution in [0.1, 0.15) is 49.2 Å². The van der Waals surface area contributed by atoms with Crippen molar-refractivity contribution < 1.29 is 4.52 Å². The van der Waals surface area contributed by atoms with E-state index in [1.807, 2.05) is 0 Å². The standard InChI is InChI=1S/C17H21BrN2O/c1-2-4-15-11-16(19-21-15)17-5-3-10-20(17)12-13-6-8-14(18)9-7-13/h6-9,11,17H,2-5,10,12H2,1H3/t17-/m0/s1. The summed E-state index contributed by atoms with van der Waals surface area (Å²) in [5.41, 5.74) is 2.45. The first-order chi connectivity index (χ1) is 10.3. The molecule has 0 bridgehead atoms. The molecule has 1 fully saturated rings. The van der Waals surface area contributed by atoms with Crippen molar-refractivity contribution in [3.05, 3.63) is 51.8 Å². The molecule has 2 aromatic rings. The van der Waals surface area contributed by atoms with E-state index in [2.05, 4.69) is 63.2 Å². The van der Waals surface area contributed by atoms with E-state index in [4.69, 9.17) is 4.52 Å². The molecule has 1 aliphatic heterocycles. The maximum Gasteiger partial charge on any atom is 0.137 e. The van der Waals surface area contributed by atoms with Gasteiger partial charge in [0.2, 0.25) is 0 Å². The fourth-order valence-electron chi connectivity index (χ4n) is 3.02. The number of nitrogens with zero attached hydrogens (tertiary/aromatic N) is 2. The highest BCUT2D eigenvalue weighted by atomic mass is 79.9. The fraction of sp³-hybridized carbons (Fsp3) is 0.471. The van der Waals surface area contributed by atoms with Crippen molar-refractivity contribution in [2.45, 2.75) is 45.2 Å². The van der Waals surface area contributed by atoms with Crippen molar-refractivity contribution in [3.63, 3.8) is 0 Å². The minimum atomic E-state index is 0.406. The van der Waals surface area contributed by atoms with E-state index in [0.29, 0.717) is 6.04 Å². The van der Waals surface area contributed by atoms with E-state index in [0.717, 1.165) is 41.9 Å². The van der Waals surface area contributed by atoms with Gasteiger partial charge < -0.3 is 4.52 Å². The molecule has 1 aliphatic rings. The predicted octanol–water partition coefficient (Wildman–Crippen LogP) is 4.73. The normalized spacial score (nSPS) is 19.2. The molecule has 4 heteroatoms. The Hall–Kier alpha value is -1.13. The third-order valence-electron chi connectivity index (χ3n) is 4.08. The van der Waals surface area contributed by atoms with Gasteiger partial charge in [0.25, 0.3) is 0 Å². The monoisotopic (exact) mass is 348 g/mol. The lowest BCUT2D eigenvalue weighted by atomic mass is 10.1. The van der Waals surface area contributed by atoms with Crippen molar-refractivity contribution >= 4 is 15.9 Å². The zero-order valence-corrected chi connectivity index (χ0v) is 14.0. The molecule has 0 N–H and O–H groups in total. The van der Waals surface area contributed by atoms with Crippen LogP contribution >= 0.6 is 15.9 Å². The highest BCUT2D eigenvalue weighted by molar-refractivity contribution is 9.10. The summed E-state index contributed by atoms with van der Waals surface area (Å²) in [6.45, 7) is 4.28. The first-order valence-electron chi connectivity index (χ1n) is 7.70. The molecule has 2 heterocycles. The Morgan fingerprint density at radius 1 is 1.33 bits per heavy atom. The molecule has 1 aromatic carbocycles. The molecule has 21 heavy (non-hydrogen) atoms. The molecule has 112 valence electrons. The van der Waals surface area contributed by atoms with Crippen molar-refractivity contribution in [3.8, 4) is 0 Å². The van der Waals surface area contributed by atoms with Crippen LogP contribution in [0.4, 0.5) is 0 Å². The number of hydrogen-bond donors (Lipinski definition) is 0. The van der Waals surface area contributed by atoms with E-state index < -0.39 is 0 Å². The van der Waals surface area contributed by atoms with Crippen LogP contribution < -0.4 is 0 Å². The van der Waals surface area contributed by atoms with Crippen LogP contribution in [0.3, 0.4) is 0 Å². The summed E-state index contributed by atoms with van der Waals surface area (Å²) < 4.78 is 6.58. The number of aromatic nitrogens is 1. The van der Waals surface area contributed by atoms with Gasteiger partial charge in [-0.1, -0.05) is 40.1 Å². The van der Waals surface area contributed by atoms with Crippen molar-refractivity contribution in [1.82, 2.24) is 10.1 Å². The molecule has 0 unspecified atom stereocenters. The van der Waals surface area contributed by atoms with Gasteiger partial charge in [0, 0.05) is 23.5 Å². The first kappa shape index (κ1) is 14.8. The van der Waals surface area contributed by atoms with Crippen molar-refractivity contribution in [1.29, 1.82) is 0 Å². The van der Waals surface area contributed by atoms with Gasteiger partial charge in [0.05, 0.1) is 6.04 Å². The van der Waals surface area contributed by atoms with Gasteiger partial charge in [-0.15, -0.1) is 0 Å². The molecular formula is C17H21BrN2O. The van der Waals surface area contributed by atoms with E-state index in [-0.39, 0.29) is 0 Å². The molecule has 0 amide bonds. The van der Waals surface area contributed by atoms with E-state index in [1.54, 1.807) is 0 Å². The number of rotatable bonds is 5. The minimum Gasteiger partial charge on any atom is -0.361 e. The van der Waals surface area contributed by atoms with Gasteiger partial charge >= 0.3 is 0 Å². The topological polar surface area (TPSA) is 29.3 Å². The second-order valence-corrected chi connectivity index (χ2v) is 6.64. The molecule has 1 aromatic heterocycles. The number of hydrogen-bond acceptors (Lipinski definition) is 3. The molecule has 0 aliphatic carbocycles. The van der Waals surface area contributed by atoms with Crippen molar-refractivity contribution in [2.24, 2.45) is 0 Å². The lowest BCUT2D eigenvalue weighted by molar-refractivity contribution is 0.236. The highest BCUT2D eigenvalue weighted by Gasteiger charge is 2.28. The number of aryl methyl sites for hydroxylation is 1. The second kappa shape index (κ2) is 6.75. The van der Waals surface area contributed by atoms with Gasteiger partial charge in [0.15, 0.2) is 0 Å². The predicted molar refractivity (Wildman–Crippen MR) is 87.0 cm³/mol. The molecular weight excluding hydrogens is 328 g/mol. The lowest BCUT2D eigenvalue weighted by Crippen LogP contribution is -2.22. The summed E-state index contributed by atoms with van der Waals surface area (Å²) in [6.07, 6.45) is 4.49. The minimum absolute atomic E-state index is 0.406. The average molecular weight is 349 g/mol. The second-order valence-electron chi connectivity index (χ2n) is 5.72. The van der Waals surface area contributed by atoms with Crippen molar-refractivity contribution in [2.75, 3.05) is 6.54 Å². The quantitative estimate of drug-likeness (QED) is 0.782. The zero-order valence-electron chi connectivity index (χ0n) is 12.4. The van der Waals surface area contributed by atoms with E-state index >= 15 is 0 Å². The Morgan fingerprint density at radius 2 is 2.14 bits per heavy atom. The Labute approximate surface area is 134 Å². The number of benzene rings is 1. The lowest BCUT2D eigenvalue weighted by Gasteiger charge is -2.22. The van der Waals surface area contributed by atoms with Crippen LogP contribution in [-0.2, 0) is 13.0 Å². The maximum absolute atomic E-state index is 5.45. The fourth-order valence-corrected chi connectivity index (χ4v) is 3.29. The van der Waals surface area contributed by atoms with E-state index in [1.165, 1.54) is 18.4 Å². The summed E-state index contributed by atoms with van der Waals surface area (Å²) in [5.74, 6) is 1.02. The molecule has 1 saturated heterocycles. The Balaban J connectivity index is 1.70. The summed E-state index contributed by atoms with van der Waals surface area (Å²) >= 11 is 3.49. The number of halogens is 1. The van der Waals surface area contributed by atoms with Gasteiger partial charge in [-0.2, -0.15) is 0 Å². The number of likely N-dealkylation sites (tertiary alicyclic amines) is 1. The molecule has 0 radical (unpaired) electrons. The zero-order chi connectivity index (χ0) is 14.7. The Kier molecular flexibility index (Phi) is 4.76. The summed E-state index contributed by atoms with van der Waals surface area (Å²) in [7, 11) is 0. The average Bonchev–Trinajstić information content (AvgIpc) is 3.11. The van der Waals surface area contributed by atoms with Gasteiger partial charge in [-0.25, -0.2) is 0 Å². The molecule has 0 spiro atoms. The van der Waals surface area contributed by atoms with Gasteiger partial charge in [0.1, 0.15) is 11.5 Å². The largest absolute Gasteiger partial charge is 0.361 e. The van der Waals surface area contributed by atoms with Crippen LogP contribution in [0, 0.1) is 0 Å². The molecule has 1 atom stereocenters. The molecule has 0 saturated carbocycles. The summed E-state index contributed by atoms with van der Waals surface area (Å²) in [5, 5.41) is 4.30. The Morgan fingerprint density at radius 3 is 2.90 bits per heavy atom. The summed E-state index contributed by atoms with van der Waals surface area (Å²) in [6, 6.07) is 11.1. The van der Waals surface area contributed by atoms with Crippen LogP contribution in [0.2, 0.25) is 0 Å². The maximum atomic E-state index is 5.45. The SMILES string of the molecule is CCCc1cc([C@@H]2CCCN2Cc2ccc(Br)cc2)no1. The van der Waals surface area contributed by atoms with Crippen LogP contribution in [0.5, 0.6) is 0 Å². The highest BCUT2D eigenvalue weighted by Crippen LogP contribution is 2.33. The van der Waals surface area contributed by atoms with Crippen LogP contribution in [0.15, 0.2) is 39.3 Å². The van der Waals surface area contributed by atoms with Gasteiger partial charge in [-0.05, 0) is 43.5 Å². The van der Waals surface area contributed by atoms with Crippen LogP contribution in [-0.4, -0.2) is 16.6 Å². The van der Waals surface area contributed by atoms with E-state index in [9.17, 15) is 0 Å². The summed E-state index contributed by atoms with van der Waals surface area (Å²) in [4.78, 5) is 2.51. The van der Waals surface area contributed by atoms with Gasteiger partial charge in [-0.3, -0.25) is 4.90 Å². The third-order valence-corrected chi connectivity index (χ3v) is 4.61. The molecule has 3 rings (SSSR count). The smallest absolute Gasteiger partial charge is 0.137 e. The first-order valence-corrected chi connectivity index (χ1v) is 8.49. The third kappa shape index (κ3) is 3.55. The Bertz CT molecular complexity index is 579.